The van der Waals surface area contributed by atoms with Crippen molar-refractivity contribution in [1.29, 1.82) is 0 Å². The largest absolute Gasteiger partial charge is 0.206 e. The van der Waals surface area contributed by atoms with E-state index in [4.69, 9.17) is 0 Å². The summed E-state index contributed by atoms with van der Waals surface area (Å²) in [5.41, 5.74) is 3.80. The van der Waals surface area contributed by atoms with Crippen LogP contribution in [0.3, 0.4) is 0 Å². The molecule has 0 atom stereocenters. The van der Waals surface area contributed by atoms with Crippen LogP contribution in [0.15, 0.2) is 70.9 Å². The molecule has 0 aliphatic rings. The molecule has 0 bridgehead atoms. The molecule has 2 nitrogen and oxygen atoms in total. The van der Waals surface area contributed by atoms with Crippen molar-refractivity contribution in [3.63, 3.8) is 0 Å². The summed E-state index contributed by atoms with van der Waals surface area (Å²) in [5.74, 6) is 4.12. The average Bonchev–Trinajstić information content (AvgIpc) is 2.73. The van der Waals surface area contributed by atoms with Crippen LogP contribution in [0.5, 0.6) is 0 Å². The monoisotopic (exact) mass is 388 g/mol. The zero-order valence-electron chi connectivity index (χ0n) is 16.5. The average molecular weight is 388 g/mol. The first kappa shape index (κ1) is 20.4. The standard InChI is InChI=1S/C25H22F2N2/c1-3-5-19-6-11-21(12-7-19)28-29-22-13-8-20(9-14-22)10-15-23-24(26)16-18(4-2)17-25(23)27/h6-9,11-14,16-17H,3-5H2,1-2H3. The molecule has 29 heavy (non-hydrogen) atoms. The van der Waals surface area contributed by atoms with Crippen LogP contribution >= 0.6 is 0 Å². The van der Waals surface area contributed by atoms with Gasteiger partial charge in [0.05, 0.1) is 16.9 Å². The third-order valence-electron chi connectivity index (χ3n) is 4.47. The van der Waals surface area contributed by atoms with Gasteiger partial charge in [-0.05, 0) is 72.5 Å². The van der Waals surface area contributed by atoms with Crippen molar-refractivity contribution in [3.05, 3.63) is 94.6 Å². The number of aryl methyl sites for hydroxylation is 2. The fourth-order valence-electron chi connectivity index (χ4n) is 2.83. The molecule has 0 unspecified atom stereocenters. The highest BCUT2D eigenvalue weighted by Gasteiger charge is 2.08. The van der Waals surface area contributed by atoms with Crippen LogP contribution in [0.1, 0.15) is 42.5 Å². The quantitative estimate of drug-likeness (QED) is 0.324. The van der Waals surface area contributed by atoms with Gasteiger partial charge in [0.1, 0.15) is 11.6 Å². The van der Waals surface area contributed by atoms with Gasteiger partial charge in [0.25, 0.3) is 0 Å². The number of benzene rings is 3. The van der Waals surface area contributed by atoms with E-state index in [1.54, 1.807) is 24.3 Å². The lowest BCUT2D eigenvalue weighted by Crippen LogP contribution is -1.93. The van der Waals surface area contributed by atoms with Gasteiger partial charge in [0.2, 0.25) is 0 Å². The molecule has 3 rings (SSSR count). The van der Waals surface area contributed by atoms with Gasteiger partial charge in [-0.3, -0.25) is 0 Å². The van der Waals surface area contributed by atoms with Crippen LogP contribution in [-0.4, -0.2) is 0 Å². The first-order chi connectivity index (χ1) is 14.1. The molecule has 146 valence electrons. The van der Waals surface area contributed by atoms with E-state index >= 15 is 0 Å². The number of rotatable bonds is 5. The minimum Gasteiger partial charge on any atom is -0.206 e. The summed E-state index contributed by atoms with van der Waals surface area (Å²) < 4.78 is 28.0. The number of halogens is 2. The summed E-state index contributed by atoms with van der Waals surface area (Å²) in [5, 5.41) is 8.45. The van der Waals surface area contributed by atoms with Gasteiger partial charge in [0.15, 0.2) is 0 Å². The summed E-state index contributed by atoms with van der Waals surface area (Å²) in [6, 6.07) is 17.7. The summed E-state index contributed by atoms with van der Waals surface area (Å²) in [4.78, 5) is 0. The Hall–Kier alpha value is -3.32. The Morgan fingerprint density at radius 2 is 1.28 bits per heavy atom. The highest BCUT2D eigenvalue weighted by atomic mass is 19.1. The maximum absolute atomic E-state index is 14.0. The molecule has 0 N–H and O–H groups in total. The molecule has 0 radical (unpaired) electrons. The minimum atomic E-state index is -0.635. The lowest BCUT2D eigenvalue weighted by Gasteiger charge is -2.01. The summed E-state index contributed by atoms with van der Waals surface area (Å²) in [6.07, 6.45) is 2.73. The smallest absolute Gasteiger partial charge is 0.142 e. The predicted molar refractivity (Wildman–Crippen MR) is 113 cm³/mol. The second kappa shape index (κ2) is 9.75. The van der Waals surface area contributed by atoms with Gasteiger partial charge in [-0.1, -0.05) is 44.2 Å². The van der Waals surface area contributed by atoms with Crippen LogP contribution in [0, 0.1) is 23.5 Å². The number of hydrogen-bond donors (Lipinski definition) is 0. The molecular weight excluding hydrogens is 366 g/mol. The van der Waals surface area contributed by atoms with Crippen molar-refractivity contribution in [1.82, 2.24) is 0 Å². The van der Waals surface area contributed by atoms with E-state index in [0.29, 0.717) is 23.2 Å². The van der Waals surface area contributed by atoms with Gasteiger partial charge < -0.3 is 0 Å². The Morgan fingerprint density at radius 1 is 0.724 bits per heavy atom. The van der Waals surface area contributed by atoms with E-state index in [1.165, 1.54) is 17.7 Å². The van der Waals surface area contributed by atoms with Gasteiger partial charge in [-0.2, -0.15) is 10.2 Å². The fraction of sp³-hybridized carbons (Fsp3) is 0.200. The second-order valence-corrected chi connectivity index (χ2v) is 6.70. The molecule has 0 fully saturated rings. The van der Waals surface area contributed by atoms with Crippen molar-refractivity contribution in [3.8, 4) is 11.8 Å². The van der Waals surface area contributed by atoms with Gasteiger partial charge >= 0.3 is 0 Å². The fourth-order valence-corrected chi connectivity index (χ4v) is 2.83. The Bertz CT molecular complexity index is 1030. The van der Waals surface area contributed by atoms with E-state index in [-0.39, 0.29) is 5.56 Å². The van der Waals surface area contributed by atoms with Crippen molar-refractivity contribution in [2.75, 3.05) is 0 Å². The van der Waals surface area contributed by atoms with E-state index in [1.807, 2.05) is 19.1 Å². The van der Waals surface area contributed by atoms with Crippen LogP contribution in [0.4, 0.5) is 20.2 Å². The van der Waals surface area contributed by atoms with Gasteiger partial charge in [0, 0.05) is 5.56 Å². The zero-order valence-corrected chi connectivity index (χ0v) is 16.5. The van der Waals surface area contributed by atoms with Crippen molar-refractivity contribution >= 4 is 11.4 Å². The van der Waals surface area contributed by atoms with E-state index in [2.05, 4.69) is 41.1 Å². The molecule has 3 aromatic carbocycles. The van der Waals surface area contributed by atoms with E-state index in [0.717, 1.165) is 18.5 Å². The molecule has 3 aromatic rings. The molecule has 0 aromatic heterocycles. The second-order valence-electron chi connectivity index (χ2n) is 6.70. The normalized spacial score (nSPS) is 10.8. The maximum atomic E-state index is 14.0. The molecule has 0 spiro atoms. The van der Waals surface area contributed by atoms with E-state index in [9.17, 15) is 8.78 Å². The van der Waals surface area contributed by atoms with Gasteiger partial charge in [-0.25, -0.2) is 8.78 Å². The summed E-state index contributed by atoms with van der Waals surface area (Å²) >= 11 is 0. The minimum absolute atomic E-state index is 0.211. The topological polar surface area (TPSA) is 24.7 Å². The molecule has 0 aliphatic carbocycles. The first-order valence-electron chi connectivity index (χ1n) is 9.69. The molecule has 0 saturated carbocycles. The Balaban J connectivity index is 1.71. The lowest BCUT2D eigenvalue weighted by molar-refractivity contribution is 0.574. The SMILES string of the molecule is CCCc1ccc(N=Nc2ccc(C#Cc3c(F)cc(CC)cc3F)cc2)cc1. The Kier molecular flexibility index (Phi) is 6.86. The van der Waals surface area contributed by atoms with Crippen LogP contribution in [-0.2, 0) is 12.8 Å². The van der Waals surface area contributed by atoms with Crippen LogP contribution in [0.2, 0.25) is 0 Å². The van der Waals surface area contributed by atoms with Crippen LogP contribution in [0.25, 0.3) is 0 Å². The maximum Gasteiger partial charge on any atom is 0.142 e. The molecule has 0 amide bonds. The van der Waals surface area contributed by atoms with Crippen molar-refractivity contribution < 1.29 is 8.78 Å². The Morgan fingerprint density at radius 3 is 1.79 bits per heavy atom. The molecular formula is C25H22F2N2. The first-order valence-corrected chi connectivity index (χ1v) is 9.69. The van der Waals surface area contributed by atoms with E-state index < -0.39 is 11.6 Å². The summed E-state index contributed by atoms with van der Waals surface area (Å²) in [6.45, 7) is 4.00. The van der Waals surface area contributed by atoms with Crippen molar-refractivity contribution in [2.45, 2.75) is 33.1 Å². The summed E-state index contributed by atoms with van der Waals surface area (Å²) in [7, 11) is 0. The third-order valence-corrected chi connectivity index (χ3v) is 4.47. The number of nitrogens with zero attached hydrogens (tertiary/aromatic N) is 2. The Labute approximate surface area is 170 Å². The highest BCUT2D eigenvalue weighted by Crippen LogP contribution is 2.20. The van der Waals surface area contributed by atoms with Crippen molar-refractivity contribution in [2.24, 2.45) is 10.2 Å². The van der Waals surface area contributed by atoms with Gasteiger partial charge in [-0.15, -0.1) is 0 Å². The number of azo groups is 1. The molecule has 0 aliphatic heterocycles. The highest BCUT2D eigenvalue weighted by molar-refractivity contribution is 5.49. The molecule has 0 saturated heterocycles. The lowest BCUT2D eigenvalue weighted by atomic mass is 10.1. The van der Waals surface area contributed by atoms with Crippen LogP contribution < -0.4 is 0 Å². The zero-order chi connectivity index (χ0) is 20.6. The third kappa shape index (κ3) is 5.58. The molecule has 0 heterocycles. The predicted octanol–water partition coefficient (Wildman–Crippen LogP) is 7.29. The number of hydrogen-bond acceptors (Lipinski definition) is 2. The molecule has 4 heteroatoms.